The maximum absolute atomic E-state index is 11.8. The number of alkyl carbamates (subject to hydrolysis) is 1. The molecule has 0 bridgehead atoms. The second-order valence-electron chi connectivity index (χ2n) is 5.56. The summed E-state index contributed by atoms with van der Waals surface area (Å²) in [7, 11) is 0. The summed E-state index contributed by atoms with van der Waals surface area (Å²) in [5, 5.41) is 12.2. The van der Waals surface area contributed by atoms with Crippen molar-refractivity contribution in [3.05, 3.63) is 23.8 Å². The molecule has 0 saturated carbocycles. The van der Waals surface area contributed by atoms with E-state index in [1.54, 1.807) is 18.2 Å². The molecule has 5 heteroatoms. The fourth-order valence-corrected chi connectivity index (χ4v) is 1.98. The van der Waals surface area contributed by atoms with Crippen molar-refractivity contribution < 1.29 is 19.4 Å². The summed E-state index contributed by atoms with van der Waals surface area (Å²) < 4.78 is 10.7. The number of hydrogen-bond acceptors (Lipinski definition) is 4. The smallest absolute Gasteiger partial charge is 0.408 e. The van der Waals surface area contributed by atoms with E-state index < -0.39 is 11.7 Å². The minimum atomic E-state index is -0.521. The molecule has 1 atom stereocenters. The number of aromatic hydroxyl groups is 1. The van der Waals surface area contributed by atoms with Crippen molar-refractivity contribution in [2.45, 2.75) is 38.8 Å². The van der Waals surface area contributed by atoms with E-state index in [9.17, 15) is 9.90 Å². The molecule has 0 spiro atoms. The van der Waals surface area contributed by atoms with Crippen LogP contribution in [0.1, 0.15) is 38.8 Å². The van der Waals surface area contributed by atoms with Gasteiger partial charge in [0.1, 0.15) is 17.1 Å². The molecule has 1 aromatic rings. The Balaban J connectivity index is 2.09. The molecule has 1 aliphatic heterocycles. The fraction of sp³-hybridized carbons (Fsp3) is 0.500. The van der Waals surface area contributed by atoms with Crippen molar-refractivity contribution >= 4 is 6.09 Å². The first-order chi connectivity index (χ1) is 8.85. The van der Waals surface area contributed by atoms with Gasteiger partial charge in [-0.25, -0.2) is 4.79 Å². The minimum Gasteiger partial charge on any atom is -0.508 e. The zero-order chi connectivity index (χ0) is 14.0. The number of rotatable bonds is 1. The number of ether oxygens (including phenoxy) is 2. The molecule has 2 rings (SSSR count). The molecule has 104 valence electrons. The number of carbonyl (C=O) groups is 1. The first-order valence-electron chi connectivity index (χ1n) is 6.30. The van der Waals surface area contributed by atoms with Crippen molar-refractivity contribution in [3.8, 4) is 11.5 Å². The molecule has 1 aliphatic rings. The maximum atomic E-state index is 11.8. The first kappa shape index (κ1) is 13.5. The van der Waals surface area contributed by atoms with E-state index in [4.69, 9.17) is 9.47 Å². The summed E-state index contributed by atoms with van der Waals surface area (Å²) in [5.74, 6) is 0.754. The molecule has 2 N–H and O–H groups in total. The largest absolute Gasteiger partial charge is 0.508 e. The van der Waals surface area contributed by atoms with Crippen LogP contribution in [0.2, 0.25) is 0 Å². The van der Waals surface area contributed by atoms with Crippen LogP contribution in [0.3, 0.4) is 0 Å². The highest BCUT2D eigenvalue weighted by Crippen LogP contribution is 2.34. The van der Waals surface area contributed by atoms with E-state index >= 15 is 0 Å². The third-order valence-corrected chi connectivity index (χ3v) is 2.73. The van der Waals surface area contributed by atoms with E-state index in [1.807, 2.05) is 20.8 Å². The van der Waals surface area contributed by atoms with E-state index in [0.717, 1.165) is 5.56 Å². The molecular weight excluding hydrogens is 246 g/mol. The number of hydrogen-bond donors (Lipinski definition) is 2. The Labute approximate surface area is 112 Å². The van der Waals surface area contributed by atoms with Gasteiger partial charge in [0.05, 0.1) is 12.6 Å². The quantitative estimate of drug-likeness (QED) is 0.819. The molecule has 1 unspecified atom stereocenters. The van der Waals surface area contributed by atoms with Crippen LogP contribution in [0.25, 0.3) is 0 Å². The van der Waals surface area contributed by atoms with Crippen molar-refractivity contribution in [1.82, 2.24) is 5.32 Å². The molecule has 0 aliphatic carbocycles. The normalized spacial score (nSPS) is 18.2. The van der Waals surface area contributed by atoms with Gasteiger partial charge in [-0.2, -0.15) is 0 Å². The molecule has 19 heavy (non-hydrogen) atoms. The number of fused-ring (bicyclic) bond motifs is 1. The number of carbonyl (C=O) groups excluding carboxylic acids is 1. The monoisotopic (exact) mass is 265 g/mol. The molecule has 0 radical (unpaired) electrons. The number of nitrogens with one attached hydrogen (secondary N) is 1. The van der Waals surface area contributed by atoms with Gasteiger partial charge in [-0.15, -0.1) is 0 Å². The molecule has 1 heterocycles. The third-order valence-electron chi connectivity index (χ3n) is 2.73. The topological polar surface area (TPSA) is 67.8 Å². The standard InChI is InChI=1S/C14H19NO4/c1-14(2,3)19-13(17)15-11-6-7-18-12-8-9(16)4-5-10(11)12/h4-5,8,11,16H,6-7H2,1-3H3,(H,15,17). The predicted molar refractivity (Wildman–Crippen MR) is 70.3 cm³/mol. The van der Waals surface area contributed by atoms with E-state index in [-0.39, 0.29) is 11.8 Å². The summed E-state index contributed by atoms with van der Waals surface area (Å²) in [6, 6.07) is 4.74. The van der Waals surface area contributed by atoms with Crippen LogP contribution in [0.15, 0.2) is 18.2 Å². The summed E-state index contributed by atoms with van der Waals surface area (Å²) >= 11 is 0. The van der Waals surface area contributed by atoms with Crippen LogP contribution in [0, 0.1) is 0 Å². The van der Waals surface area contributed by atoms with Crippen LogP contribution in [-0.2, 0) is 4.74 Å². The second kappa shape index (κ2) is 4.99. The summed E-state index contributed by atoms with van der Waals surface area (Å²) in [4.78, 5) is 11.8. The Kier molecular flexibility index (Phi) is 3.55. The van der Waals surface area contributed by atoms with Crippen molar-refractivity contribution in [2.24, 2.45) is 0 Å². The number of amides is 1. The predicted octanol–water partition coefficient (Wildman–Crippen LogP) is 2.74. The first-order valence-corrected chi connectivity index (χ1v) is 6.30. The Bertz CT molecular complexity index is 479. The van der Waals surface area contributed by atoms with Gasteiger partial charge in [0, 0.05) is 18.1 Å². The van der Waals surface area contributed by atoms with Gasteiger partial charge in [-0.3, -0.25) is 0 Å². The highest BCUT2D eigenvalue weighted by molar-refractivity contribution is 5.68. The van der Waals surface area contributed by atoms with Gasteiger partial charge in [0.15, 0.2) is 0 Å². The van der Waals surface area contributed by atoms with Gasteiger partial charge in [0.2, 0.25) is 0 Å². The van der Waals surface area contributed by atoms with Gasteiger partial charge in [-0.1, -0.05) is 0 Å². The lowest BCUT2D eigenvalue weighted by Gasteiger charge is -2.28. The highest BCUT2D eigenvalue weighted by atomic mass is 16.6. The summed E-state index contributed by atoms with van der Waals surface area (Å²) in [6.07, 6.45) is 0.232. The van der Waals surface area contributed by atoms with Gasteiger partial charge >= 0.3 is 6.09 Å². The Hall–Kier alpha value is -1.91. The van der Waals surface area contributed by atoms with Crippen molar-refractivity contribution in [2.75, 3.05) is 6.61 Å². The Morgan fingerprint density at radius 2 is 2.21 bits per heavy atom. The lowest BCUT2D eigenvalue weighted by Crippen LogP contribution is -2.36. The average molecular weight is 265 g/mol. The van der Waals surface area contributed by atoms with E-state index in [0.29, 0.717) is 18.8 Å². The van der Waals surface area contributed by atoms with Crippen LogP contribution in [0.4, 0.5) is 4.79 Å². The summed E-state index contributed by atoms with van der Waals surface area (Å²) in [5.41, 5.74) is 0.336. The maximum Gasteiger partial charge on any atom is 0.408 e. The van der Waals surface area contributed by atoms with Crippen molar-refractivity contribution in [1.29, 1.82) is 0 Å². The van der Waals surface area contributed by atoms with E-state index in [2.05, 4.69) is 5.32 Å². The fourth-order valence-electron chi connectivity index (χ4n) is 1.98. The van der Waals surface area contributed by atoms with Gasteiger partial charge < -0.3 is 19.9 Å². The molecule has 0 fully saturated rings. The Morgan fingerprint density at radius 3 is 2.89 bits per heavy atom. The molecule has 0 saturated heterocycles. The third kappa shape index (κ3) is 3.53. The molecule has 1 aromatic carbocycles. The van der Waals surface area contributed by atoms with Crippen LogP contribution < -0.4 is 10.1 Å². The lowest BCUT2D eigenvalue weighted by molar-refractivity contribution is 0.0491. The van der Waals surface area contributed by atoms with E-state index in [1.165, 1.54) is 0 Å². The highest BCUT2D eigenvalue weighted by Gasteiger charge is 2.25. The lowest BCUT2D eigenvalue weighted by atomic mass is 10.0. The molecule has 5 nitrogen and oxygen atoms in total. The SMILES string of the molecule is CC(C)(C)OC(=O)NC1CCOc2cc(O)ccc21. The zero-order valence-corrected chi connectivity index (χ0v) is 11.4. The minimum absolute atomic E-state index is 0.150. The van der Waals surface area contributed by atoms with Crippen molar-refractivity contribution in [3.63, 3.8) is 0 Å². The molecular formula is C14H19NO4. The van der Waals surface area contributed by atoms with Crippen LogP contribution in [-0.4, -0.2) is 23.4 Å². The van der Waals surface area contributed by atoms with Crippen LogP contribution >= 0.6 is 0 Å². The van der Waals surface area contributed by atoms with Gasteiger partial charge in [-0.05, 0) is 32.9 Å². The number of phenolic OH excluding ortho intramolecular Hbond substituents is 1. The summed E-state index contributed by atoms with van der Waals surface area (Å²) in [6.45, 7) is 5.96. The second-order valence-corrected chi connectivity index (χ2v) is 5.56. The molecule has 1 amide bonds. The van der Waals surface area contributed by atoms with Gasteiger partial charge in [0.25, 0.3) is 0 Å². The van der Waals surface area contributed by atoms with Crippen LogP contribution in [0.5, 0.6) is 11.5 Å². The molecule has 0 aromatic heterocycles. The number of phenols is 1. The average Bonchev–Trinajstić information content (AvgIpc) is 2.26. The number of benzene rings is 1. The Morgan fingerprint density at radius 1 is 1.47 bits per heavy atom. The zero-order valence-electron chi connectivity index (χ0n) is 11.4.